The quantitative estimate of drug-likeness (QED) is 0.894. The van der Waals surface area contributed by atoms with E-state index >= 15 is 0 Å². The first-order valence-electron chi connectivity index (χ1n) is 5.55. The molecule has 0 bridgehead atoms. The Morgan fingerprint density at radius 1 is 1.29 bits per heavy atom. The molecule has 0 saturated carbocycles. The van der Waals surface area contributed by atoms with Crippen molar-refractivity contribution in [2.45, 2.75) is 25.5 Å². The fourth-order valence-corrected chi connectivity index (χ4v) is 3.06. The Balaban J connectivity index is 2.70. The minimum atomic E-state index is -3.51. The number of sulfonamides is 1. The maximum Gasteiger partial charge on any atom is 0.274 e. The van der Waals surface area contributed by atoms with Gasteiger partial charge in [0, 0.05) is 13.1 Å². The molecule has 0 amide bonds. The van der Waals surface area contributed by atoms with Crippen molar-refractivity contribution in [2.75, 3.05) is 6.54 Å². The average Bonchev–Trinajstić information content (AvgIpc) is 2.68. The lowest BCUT2D eigenvalue weighted by atomic mass is 10.3. The molecule has 0 aliphatic heterocycles. The van der Waals surface area contributed by atoms with Crippen molar-refractivity contribution < 1.29 is 8.42 Å². The molecule has 2 aromatic rings. The molecule has 0 spiro atoms. The van der Waals surface area contributed by atoms with Crippen molar-refractivity contribution in [1.29, 1.82) is 0 Å². The highest BCUT2D eigenvalue weighted by atomic mass is 32.2. The third-order valence-corrected chi connectivity index (χ3v) is 3.97. The Labute approximate surface area is 101 Å². The first kappa shape index (κ1) is 12.1. The van der Waals surface area contributed by atoms with Crippen molar-refractivity contribution in [3.8, 4) is 0 Å². The fraction of sp³-hybridized carbons (Fsp3) is 0.364. The lowest BCUT2D eigenvalue weighted by molar-refractivity contribution is 0.560. The molecule has 0 aliphatic rings. The van der Waals surface area contributed by atoms with Gasteiger partial charge in [0.15, 0.2) is 0 Å². The van der Waals surface area contributed by atoms with Crippen molar-refractivity contribution >= 4 is 21.1 Å². The Kier molecular flexibility index (Phi) is 3.17. The van der Waals surface area contributed by atoms with E-state index < -0.39 is 10.0 Å². The van der Waals surface area contributed by atoms with Crippen molar-refractivity contribution in [3.63, 3.8) is 0 Å². The maximum absolute atomic E-state index is 12.0. The molecule has 92 valence electrons. The minimum Gasteiger partial charge on any atom is -0.314 e. The molecule has 6 heteroatoms. The average molecular weight is 253 g/mol. The van der Waals surface area contributed by atoms with Crippen LogP contribution >= 0.6 is 0 Å². The third-order valence-electron chi connectivity index (χ3n) is 2.51. The summed E-state index contributed by atoms with van der Waals surface area (Å²) in [6.45, 7) is 4.57. The van der Waals surface area contributed by atoms with Gasteiger partial charge in [0.1, 0.15) is 0 Å². The molecule has 0 atom stereocenters. The van der Waals surface area contributed by atoms with Gasteiger partial charge in [0.25, 0.3) is 10.0 Å². The van der Waals surface area contributed by atoms with E-state index in [0.717, 1.165) is 5.52 Å². The lowest BCUT2D eigenvalue weighted by Gasteiger charge is -2.06. The monoisotopic (exact) mass is 253 g/mol. The molecule has 1 aromatic heterocycles. The molecule has 0 radical (unpaired) electrons. The normalized spacial score (nSPS) is 12.1. The molecule has 0 fully saturated rings. The van der Waals surface area contributed by atoms with E-state index in [2.05, 4.69) is 9.71 Å². The summed E-state index contributed by atoms with van der Waals surface area (Å²) in [5.74, 6) is 0. The van der Waals surface area contributed by atoms with Crippen LogP contribution in [0.15, 0.2) is 29.4 Å². The molecule has 1 N–H and O–H groups in total. The maximum atomic E-state index is 12.0. The number of hydrogen-bond acceptors (Lipinski definition) is 3. The predicted octanol–water partition coefficient (Wildman–Crippen LogP) is 1.35. The minimum absolute atomic E-state index is 0.0862. The summed E-state index contributed by atoms with van der Waals surface area (Å²) in [6.07, 6.45) is 0. The largest absolute Gasteiger partial charge is 0.314 e. The van der Waals surface area contributed by atoms with E-state index in [-0.39, 0.29) is 5.16 Å². The summed E-state index contributed by atoms with van der Waals surface area (Å²) in [7, 11) is -3.51. The van der Waals surface area contributed by atoms with E-state index in [1.54, 1.807) is 11.5 Å². The highest BCUT2D eigenvalue weighted by molar-refractivity contribution is 7.89. The van der Waals surface area contributed by atoms with Crippen LogP contribution in [0.5, 0.6) is 0 Å². The number of nitrogens with zero attached hydrogens (tertiary/aromatic N) is 2. The van der Waals surface area contributed by atoms with Gasteiger partial charge in [-0.05, 0) is 19.1 Å². The van der Waals surface area contributed by atoms with E-state index in [1.807, 2.05) is 31.2 Å². The van der Waals surface area contributed by atoms with Crippen LogP contribution in [0.2, 0.25) is 0 Å². The molecule has 1 aromatic carbocycles. The summed E-state index contributed by atoms with van der Waals surface area (Å²) < 4.78 is 28.1. The topological polar surface area (TPSA) is 64.0 Å². The molecule has 0 aliphatic carbocycles. The molecular weight excluding hydrogens is 238 g/mol. The van der Waals surface area contributed by atoms with Gasteiger partial charge in [0.05, 0.1) is 11.0 Å². The van der Waals surface area contributed by atoms with E-state index in [9.17, 15) is 8.42 Å². The highest BCUT2D eigenvalue weighted by Crippen LogP contribution is 2.18. The number of nitrogens with one attached hydrogen (secondary N) is 1. The molecule has 0 saturated heterocycles. The van der Waals surface area contributed by atoms with Crippen LogP contribution in [-0.4, -0.2) is 24.5 Å². The number of aryl methyl sites for hydroxylation is 1. The number of hydrogen-bond donors (Lipinski definition) is 1. The standard InChI is InChI=1S/C11H15N3O2S/c1-3-12-17(15,16)11-13-9-7-5-6-8-10(9)14(11)4-2/h5-8,12H,3-4H2,1-2H3. The van der Waals surface area contributed by atoms with Crippen molar-refractivity contribution in [1.82, 2.24) is 14.3 Å². The number of imidazole rings is 1. The number of benzene rings is 1. The zero-order valence-electron chi connectivity index (χ0n) is 9.84. The smallest absolute Gasteiger partial charge is 0.274 e. The van der Waals surface area contributed by atoms with Gasteiger partial charge in [-0.2, -0.15) is 0 Å². The summed E-state index contributed by atoms with van der Waals surface area (Å²) in [5, 5.41) is 0.0862. The van der Waals surface area contributed by atoms with Crippen LogP contribution in [0.4, 0.5) is 0 Å². The van der Waals surface area contributed by atoms with Crippen LogP contribution in [-0.2, 0) is 16.6 Å². The SMILES string of the molecule is CCNS(=O)(=O)c1nc2ccccc2n1CC. The van der Waals surface area contributed by atoms with E-state index in [0.29, 0.717) is 18.6 Å². The second-order valence-electron chi connectivity index (χ2n) is 3.63. The Morgan fingerprint density at radius 2 is 2.00 bits per heavy atom. The Bertz CT molecular complexity index is 631. The third kappa shape index (κ3) is 2.05. The molecular formula is C11H15N3O2S. The van der Waals surface area contributed by atoms with E-state index in [4.69, 9.17) is 0 Å². The summed E-state index contributed by atoms with van der Waals surface area (Å²) >= 11 is 0. The van der Waals surface area contributed by atoms with Crippen LogP contribution in [0, 0.1) is 0 Å². The van der Waals surface area contributed by atoms with Crippen LogP contribution in [0.25, 0.3) is 11.0 Å². The summed E-state index contributed by atoms with van der Waals surface area (Å²) in [4.78, 5) is 4.19. The van der Waals surface area contributed by atoms with Gasteiger partial charge in [-0.15, -0.1) is 0 Å². The van der Waals surface area contributed by atoms with Crippen LogP contribution in [0.1, 0.15) is 13.8 Å². The molecule has 1 heterocycles. The van der Waals surface area contributed by atoms with Gasteiger partial charge in [-0.1, -0.05) is 19.1 Å². The van der Waals surface area contributed by atoms with Gasteiger partial charge < -0.3 is 4.57 Å². The summed E-state index contributed by atoms with van der Waals surface area (Å²) in [6, 6.07) is 7.40. The van der Waals surface area contributed by atoms with Crippen molar-refractivity contribution in [2.24, 2.45) is 0 Å². The number of para-hydroxylation sites is 2. The molecule has 5 nitrogen and oxygen atoms in total. The van der Waals surface area contributed by atoms with Crippen LogP contribution < -0.4 is 4.72 Å². The number of fused-ring (bicyclic) bond motifs is 1. The first-order chi connectivity index (χ1) is 8.10. The lowest BCUT2D eigenvalue weighted by Crippen LogP contribution is -2.26. The van der Waals surface area contributed by atoms with Gasteiger partial charge in [-0.25, -0.2) is 18.1 Å². The zero-order chi connectivity index (χ0) is 12.5. The highest BCUT2D eigenvalue weighted by Gasteiger charge is 2.21. The molecule has 0 unspecified atom stereocenters. The van der Waals surface area contributed by atoms with Gasteiger partial charge in [-0.3, -0.25) is 0 Å². The fourth-order valence-electron chi connectivity index (χ4n) is 1.82. The first-order valence-corrected chi connectivity index (χ1v) is 7.03. The Morgan fingerprint density at radius 3 is 2.65 bits per heavy atom. The molecule has 17 heavy (non-hydrogen) atoms. The van der Waals surface area contributed by atoms with Crippen LogP contribution in [0.3, 0.4) is 0 Å². The second kappa shape index (κ2) is 4.46. The number of rotatable bonds is 4. The second-order valence-corrected chi connectivity index (χ2v) is 5.29. The Hall–Kier alpha value is -1.40. The number of aromatic nitrogens is 2. The predicted molar refractivity (Wildman–Crippen MR) is 66.3 cm³/mol. The van der Waals surface area contributed by atoms with Crippen molar-refractivity contribution in [3.05, 3.63) is 24.3 Å². The van der Waals surface area contributed by atoms with Gasteiger partial charge >= 0.3 is 0 Å². The van der Waals surface area contributed by atoms with E-state index in [1.165, 1.54) is 0 Å². The summed E-state index contributed by atoms with van der Waals surface area (Å²) in [5.41, 5.74) is 1.54. The molecule has 2 rings (SSSR count). The van der Waals surface area contributed by atoms with Gasteiger partial charge in [0.2, 0.25) is 5.16 Å². The zero-order valence-corrected chi connectivity index (χ0v) is 10.7.